The van der Waals surface area contributed by atoms with Crippen LogP contribution >= 0.6 is 0 Å². The van der Waals surface area contributed by atoms with E-state index in [-0.39, 0.29) is 4.90 Å². The Morgan fingerprint density at radius 2 is 1.76 bits per heavy atom. The van der Waals surface area contributed by atoms with Crippen molar-refractivity contribution >= 4 is 21.4 Å². The molecule has 0 heterocycles. The van der Waals surface area contributed by atoms with E-state index in [1.54, 1.807) is 36.4 Å². The average Bonchev–Trinajstić information content (AvgIpc) is 2.38. The predicted molar refractivity (Wildman–Crippen MR) is 86.6 cm³/mol. The molecule has 5 heteroatoms. The van der Waals surface area contributed by atoms with Gasteiger partial charge in [0.25, 0.3) is 10.0 Å². The van der Waals surface area contributed by atoms with Gasteiger partial charge in [-0.05, 0) is 48.2 Å². The summed E-state index contributed by atoms with van der Waals surface area (Å²) >= 11 is 0. The van der Waals surface area contributed by atoms with Crippen molar-refractivity contribution in [3.63, 3.8) is 0 Å². The Hall–Kier alpha value is -2.01. The molecule has 0 spiro atoms. The zero-order chi connectivity index (χ0) is 15.5. The summed E-state index contributed by atoms with van der Waals surface area (Å²) in [6.07, 6.45) is 0.934. The first kappa shape index (κ1) is 15.4. The van der Waals surface area contributed by atoms with Crippen LogP contribution in [0.5, 0.6) is 0 Å². The number of nitrogens with two attached hydrogens (primary N) is 1. The van der Waals surface area contributed by atoms with Crippen LogP contribution in [0, 0.1) is 5.92 Å². The molecule has 0 saturated carbocycles. The van der Waals surface area contributed by atoms with E-state index in [0.29, 0.717) is 17.3 Å². The summed E-state index contributed by atoms with van der Waals surface area (Å²) < 4.78 is 27.1. The maximum Gasteiger partial charge on any atom is 0.261 e. The fourth-order valence-corrected chi connectivity index (χ4v) is 3.14. The van der Waals surface area contributed by atoms with Crippen molar-refractivity contribution in [1.82, 2.24) is 0 Å². The topological polar surface area (TPSA) is 72.2 Å². The number of benzene rings is 2. The first-order valence-corrected chi connectivity index (χ1v) is 8.32. The molecular formula is C16H20N2O2S. The number of anilines is 2. The molecule has 0 bridgehead atoms. The second-order valence-electron chi connectivity index (χ2n) is 5.47. The van der Waals surface area contributed by atoms with Crippen LogP contribution in [-0.2, 0) is 16.4 Å². The molecule has 2 rings (SSSR count). The fourth-order valence-electron chi connectivity index (χ4n) is 2.09. The number of rotatable bonds is 5. The highest BCUT2D eigenvalue weighted by molar-refractivity contribution is 7.92. The minimum absolute atomic E-state index is 0.248. The Morgan fingerprint density at radius 3 is 2.33 bits per heavy atom. The second kappa shape index (κ2) is 6.18. The summed E-state index contributed by atoms with van der Waals surface area (Å²) in [5, 5.41) is 0. The maximum atomic E-state index is 12.3. The second-order valence-corrected chi connectivity index (χ2v) is 7.16. The van der Waals surface area contributed by atoms with Crippen molar-refractivity contribution in [2.45, 2.75) is 25.2 Å². The van der Waals surface area contributed by atoms with Gasteiger partial charge in [-0.25, -0.2) is 8.42 Å². The molecule has 0 atom stereocenters. The van der Waals surface area contributed by atoms with E-state index in [0.717, 1.165) is 12.0 Å². The molecule has 0 aliphatic heterocycles. The number of nitrogen functional groups attached to an aromatic ring is 1. The van der Waals surface area contributed by atoms with Gasteiger partial charge < -0.3 is 5.73 Å². The zero-order valence-corrected chi connectivity index (χ0v) is 13.0. The number of nitrogens with one attached hydrogen (secondary N) is 1. The lowest BCUT2D eigenvalue weighted by Crippen LogP contribution is -2.13. The summed E-state index contributed by atoms with van der Waals surface area (Å²) in [6, 6.07) is 13.6. The van der Waals surface area contributed by atoms with Gasteiger partial charge in [0.1, 0.15) is 0 Å². The van der Waals surface area contributed by atoms with Crippen LogP contribution in [0.2, 0.25) is 0 Å². The lowest BCUT2D eigenvalue weighted by atomic mass is 10.0. The molecule has 0 unspecified atom stereocenters. The van der Waals surface area contributed by atoms with Gasteiger partial charge in [0.15, 0.2) is 0 Å². The van der Waals surface area contributed by atoms with E-state index < -0.39 is 10.0 Å². The van der Waals surface area contributed by atoms with Crippen molar-refractivity contribution in [2.24, 2.45) is 5.92 Å². The highest BCUT2D eigenvalue weighted by atomic mass is 32.2. The van der Waals surface area contributed by atoms with Crippen LogP contribution in [0.4, 0.5) is 11.4 Å². The van der Waals surface area contributed by atoms with E-state index in [9.17, 15) is 8.42 Å². The van der Waals surface area contributed by atoms with Crippen LogP contribution in [0.3, 0.4) is 0 Å². The van der Waals surface area contributed by atoms with Gasteiger partial charge >= 0.3 is 0 Å². The van der Waals surface area contributed by atoms with E-state index in [2.05, 4.69) is 18.6 Å². The standard InChI is InChI=1S/C16H20N2O2S/c1-12(2)10-13-6-8-16(9-7-13)21(19,20)18-15-5-3-4-14(17)11-15/h3-9,11-12,18H,10,17H2,1-2H3. The highest BCUT2D eigenvalue weighted by Gasteiger charge is 2.14. The van der Waals surface area contributed by atoms with E-state index in [4.69, 9.17) is 5.73 Å². The van der Waals surface area contributed by atoms with Crippen LogP contribution in [-0.4, -0.2) is 8.42 Å². The van der Waals surface area contributed by atoms with E-state index in [1.165, 1.54) is 0 Å². The van der Waals surface area contributed by atoms with Crippen molar-refractivity contribution in [1.29, 1.82) is 0 Å². The Balaban J connectivity index is 2.19. The largest absolute Gasteiger partial charge is 0.399 e. The molecule has 2 aromatic carbocycles. The molecule has 0 aromatic heterocycles. The van der Waals surface area contributed by atoms with Gasteiger partial charge in [-0.15, -0.1) is 0 Å². The van der Waals surface area contributed by atoms with E-state index >= 15 is 0 Å². The number of hydrogen-bond acceptors (Lipinski definition) is 3. The molecule has 3 N–H and O–H groups in total. The molecule has 0 saturated heterocycles. The molecule has 4 nitrogen and oxygen atoms in total. The van der Waals surface area contributed by atoms with Crippen LogP contribution in [0.25, 0.3) is 0 Å². The third-order valence-electron chi connectivity index (χ3n) is 3.02. The number of sulfonamides is 1. The average molecular weight is 304 g/mol. The highest BCUT2D eigenvalue weighted by Crippen LogP contribution is 2.19. The summed E-state index contributed by atoms with van der Waals surface area (Å²) in [6.45, 7) is 4.26. The van der Waals surface area contributed by atoms with Crippen molar-refractivity contribution < 1.29 is 8.42 Å². The van der Waals surface area contributed by atoms with Crippen LogP contribution in [0.15, 0.2) is 53.4 Å². The monoisotopic (exact) mass is 304 g/mol. The van der Waals surface area contributed by atoms with E-state index in [1.807, 2.05) is 12.1 Å². The van der Waals surface area contributed by atoms with Gasteiger partial charge in [0.05, 0.1) is 10.6 Å². The molecule has 2 aromatic rings. The first-order valence-electron chi connectivity index (χ1n) is 6.84. The van der Waals surface area contributed by atoms with Gasteiger partial charge in [0, 0.05) is 5.69 Å². The molecule has 0 fully saturated rings. The Kier molecular flexibility index (Phi) is 4.53. The van der Waals surface area contributed by atoms with Crippen LogP contribution in [0.1, 0.15) is 19.4 Å². The third kappa shape index (κ3) is 4.23. The number of hydrogen-bond donors (Lipinski definition) is 2. The normalized spacial score (nSPS) is 11.6. The van der Waals surface area contributed by atoms with Gasteiger partial charge in [-0.1, -0.05) is 32.0 Å². The van der Waals surface area contributed by atoms with Gasteiger partial charge in [-0.3, -0.25) is 4.72 Å². The summed E-state index contributed by atoms with van der Waals surface area (Å²) in [7, 11) is -3.58. The molecular weight excluding hydrogens is 284 g/mol. The lowest BCUT2D eigenvalue weighted by molar-refractivity contribution is 0.601. The summed E-state index contributed by atoms with van der Waals surface area (Å²) in [5.74, 6) is 0.540. The smallest absolute Gasteiger partial charge is 0.261 e. The Morgan fingerprint density at radius 1 is 1.10 bits per heavy atom. The molecule has 112 valence electrons. The molecule has 0 radical (unpaired) electrons. The molecule has 0 aliphatic rings. The van der Waals surface area contributed by atoms with Crippen molar-refractivity contribution in [2.75, 3.05) is 10.5 Å². The Bertz CT molecular complexity index is 707. The first-order chi connectivity index (χ1) is 9.87. The zero-order valence-electron chi connectivity index (χ0n) is 12.2. The predicted octanol–water partition coefficient (Wildman–Crippen LogP) is 3.27. The maximum absolute atomic E-state index is 12.3. The summed E-state index contributed by atoms with van der Waals surface area (Å²) in [4.78, 5) is 0.248. The van der Waals surface area contributed by atoms with Crippen LogP contribution < -0.4 is 10.5 Å². The molecule has 21 heavy (non-hydrogen) atoms. The van der Waals surface area contributed by atoms with Gasteiger partial charge in [-0.2, -0.15) is 0 Å². The minimum atomic E-state index is -3.58. The fraction of sp³-hybridized carbons (Fsp3) is 0.250. The summed E-state index contributed by atoms with van der Waals surface area (Å²) in [5.41, 5.74) is 7.76. The third-order valence-corrected chi connectivity index (χ3v) is 4.41. The van der Waals surface area contributed by atoms with Crippen molar-refractivity contribution in [3.8, 4) is 0 Å². The lowest BCUT2D eigenvalue weighted by Gasteiger charge is -2.10. The molecule has 0 amide bonds. The Labute approximate surface area is 126 Å². The quantitative estimate of drug-likeness (QED) is 0.833. The SMILES string of the molecule is CC(C)Cc1ccc(S(=O)(=O)Nc2cccc(N)c2)cc1. The van der Waals surface area contributed by atoms with Gasteiger partial charge in [0.2, 0.25) is 0 Å². The molecule has 0 aliphatic carbocycles. The minimum Gasteiger partial charge on any atom is -0.399 e. The van der Waals surface area contributed by atoms with Crippen molar-refractivity contribution in [3.05, 3.63) is 54.1 Å².